The van der Waals surface area contributed by atoms with Gasteiger partial charge in [0.05, 0.1) is 0 Å². The molecule has 2 N–H and O–H groups in total. The zero-order chi connectivity index (χ0) is 13.1. The Hall–Kier alpha value is -0.920. The Labute approximate surface area is 101 Å². The van der Waals surface area contributed by atoms with Gasteiger partial charge in [-0.2, -0.15) is 0 Å². The SMILES string of the molecule is Cc1noc(C)c1S(=O)(=O)NCC(C)CCO. The average Bonchev–Trinajstić information content (AvgIpc) is 2.57. The van der Waals surface area contributed by atoms with Crippen molar-refractivity contribution in [3.8, 4) is 0 Å². The molecule has 1 unspecified atom stereocenters. The second kappa shape index (κ2) is 5.61. The summed E-state index contributed by atoms with van der Waals surface area (Å²) in [7, 11) is -3.58. The Balaban J connectivity index is 2.76. The molecule has 0 aliphatic heterocycles. The van der Waals surface area contributed by atoms with Crippen LogP contribution < -0.4 is 4.72 Å². The van der Waals surface area contributed by atoms with E-state index in [9.17, 15) is 8.42 Å². The summed E-state index contributed by atoms with van der Waals surface area (Å²) in [5.41, 5.74) is 0.352. The Morgan fingerprint density at radius 1 is 1.47 bits per heavy atom. The first-order chi connectivity index (χ1) is 7.88. The van der Waals surface area contributed by atoms with Crippen LogP contribution in [0.4, 0.5) is 0 Å². The van der Waals surface area contributed by atoms with Crippen LogP contribution in [0.1, 0.15) is 24.8 Å². The van der Waals surface area contributed by atoms with Crippen molar-refractivity contribution in [2.75, 3.05) is 13.2 Å². The van der Waals surface area contributed by atoms with Crippen molar-refractivity contribution in [3.05, 3.63) is 11.5 Å². The smallest absolute Gasteiger partial charge is 0.245 e. The molecule has 98 valence electrons. The molecule has 0 spiro atoms. The van der Waals surface area contributed by atoms with Gasteiger partial charge in [0.2, 0.25) is 10.0 Å². The minimum atomic E-state index is -3.58. The van der Waals surface area contributed by atoms with Crippen molar-refractivity contribution in [3.63, 3.8) is 0 Å². The summed E-state index contributed by atoms with van der Waals surface area (Å²) in [6.07, 6.45) is 0.560. The highest BCUT2D eigenvalue weighted by Gasteiger charge is 2.24. The molecule has 0 aromatic carbocycles. The molecule has 1 atom stereocenters. The third-order valence-corrected chi connectivity index (χ3v) is 4.15. The summed E-state index contributed by atoms with van der Waals surface area (Å²) in [6, 6.07) is 0. The maximum absolute atomic E-state index is 12.0. The summed E-state index contributed by atoms with van der Waals surface area (Å²) in [5, 5.41) is 12.3. The monoisotopic (exact) mass is 262 g/mol. The lowest BCUT2D eigenvalue weighted by molar-refractivity contribution is 0.263. The predicted molar refractivity (Wildman–Crippen MR) is 62.0 cm³/mol. The molecule has 1 heterocycles. The summed E-state index contributed by atoms with van der Waals surface area (Å²) in [5.74, 6) is 0.361. The highest BCUT2D eigenvalue weighted by atomic mass is 32.2. The second-order valence-corrected chi connectivity index (χ2v) is 5.83. The number of aryl methyl sites for hydroxylation is 2. The Kier molecular flexibility index (Phi) is 4.67. The van der Waals surface area contributed by atoms with Crippen LogP contribution in [-0.4, -0.2) is 31.8 Å². The van der Waals surface area contributed by atoms with E-state index in [4.69, 9.17) is 9.63 Å². The van der Waals surface area contributed by atoms with E-state index in [1.807, 2.05) is 6.92 Å². The van der Waals surface area contributed by atoms with Crippen LogP contribution in [0.3, 0.4) is 0 Å². The number of aromatic nitrogens is 1. The lowest BCUT2D eigenvalue weighted by atomic mass is 10.1. The number of aliphatic hydroxyl groups is 1. The molecule has 6 nitrogen and oxygen atoms in total. The van der Waals surface area contributed by atoms with Gasteiger partial charge < -0.3 is 9.63 Å². The Bertz CT molecular complexity index is 447. The molecule has 0 bridgehead atoms. The summed E-state index contributed by atoms with van der Waals surface area (Å²) in [4.78, 5) is 0.105. The number of sulfonamides is 1. The maximum Gasteiger partial charge on any atom is 0.245 e. The number of nitrogens with one attached hydrogen (secondary N) is 1. The second-order valence-electron chi connectivity index (χ2n) is 4.12. The molecular formula is C10H18N2O4S. The molecule has 1 rings (SSSR count). The first-order valence-corrected chi connectivity index (χ1v) is 6.90. The van der Waals surface area contributed by atoms with Gasteiger partial charge in [0.15, 0.2) is 5.76 Å². The van der Waals surface area contributed by atoms with Crippen LogP contribution in [0, 0.1) is 19.8 Å². The van der Waals surface area contributed by atoms with Gasteiger partial charge in [-0.3, -0.25) is 0 Å². The number of aliphatic hydroxyl groups excluding tert-OH is 1. The molecule has 1 aromatic rings. The summed E-state index contributed by atoms with van der Waals surface area (Å²) < 4.78 is 31.3. The van der Waals surface area contributed by atoms with Crippen molar-refractivity contribution in [2.45, 2.75) is 32.1 Å². The fraction of sp³-hybridized carbons (Fsp3) is 0.700. The van der Waals surface area contributed by atoms with Crippen LogP contribution >= 0.6 is 0 Å². The van der Waals surface area contributed by atoms with E-state index in [1.165, 1.54) is 0 Å². The van der Waals surface area contributed by atoms with E-state index in [-0.39, 0.29) is 29.7 Å². The number of rotatable bonds is 6. The molecule has 1 aromatic heterocycles. The van der Waals surface area contributed by atoms with Gasteiger partial charge in [-0.15, -0.1) is 0 Å². The standard InChI is InChI=1S/C10H18N2O4S/c1-7(4-5-13)6-11-17(14,15)10-8(2)12-16-9(10)3/h7,11,13H,4-6H2,1-3H3. The van der Waals surface area contributed by atoms with E-state index >= 15 is 0 Å². The van der Waals surface area contributed by atoms with Crippen molar-refractivity contribution < 1.29 is 18.0 Å². The first-order valence-electron chi connectivity index (χ1n) is 5.42. The zero-order valence-electron chi connectivity index (χ0n) is 10.2. The van der Waals surface area contributed by atoms with Gasteiger partial charge in [-0.1, -0.05) is 12.1 Å². The van der Waals surface area contributed by atoms with Gasteiger partial charge in [0, 0.05) is 13.2 Å². The quantitative estimate of drug-likeness (QED) is 0.782. The maximum atomic E-state index is 12.0. The topological polar surface area (TPSA) is 92.4 Å². The van der Waals surface area contributed by atoms with E-state index in [0.29, 0.717) is 12.1 Å². The number of hydrogen-bond acceptors (Lipinski definition) is 5. The Morgan fingerprint density at radius 3 is 2.59 bits per heavy atom. The Morgan fingerprint density at radius 2 is 2.12 bits per heavy atom. The van der Waals surface area contributed by atoms with Gasteiger partial charge in [-0.25, -0.2) is 13.1 Å². The van der Waals surface area contributed by atoms with Crippen molar-refractivity contribution in [1.29, 1.82) is 0 Å². The summed E-state index contributed by atoms with van der Waals surface area (Å²) >= 11 is 0. The molecule has 0 fully saturated rings. The number of nitrogens with zero attached hydrogens (tertiary/aromatic N) is 1. The highest BCUT2D eigenvalue weighted by Crippen LogP contribution is 2.18. The minimum absolute atomic E-state index is 0.0498. The van der Waals surface area contributed by atoms with E-state index in [2.05, 4.69) is 9.88 Å². The lowest BCUT2D eigenvalue weighted by Gasteiger charge is -2.11. The van der Waals surface area contributed by atoms with Crippen molar-refractivity contribution in [2.24, 2.45) is 5.92 Å². The number of hydrogen-bond donors (Lipinski definition) is 2. The minimum Gasteiger partial charge on any atom is -0.396 e. The molecule has 0 aliphatic rings. The fourth-order valence-electron chi connectivity index (χ4n) is 1.50. The van der Waals surface area contributed by atoms with Gasteiger partial charge in [-0.05, 0) is 26.2 Å². The summed E-state index contributed by atoms with van der Waals surface area (Å²) in [6.45, 7) is 5.35. The molecule has 0 amide bonds. The van der Waals surface area contributed by atoms with Gasteiger partial charge in [0.1, 0.15) is 10.6 Å². The van der Waals surface area contributed by atoms with E-state index in [0.717, 1.165) is 0 Å². The normalized spacial score (nSPS) is 13.9. The molecule has 7 heteroatoms. The predicted octanol–water partition coefficient (Wildman–Crippen LogP) is 0.588. The van der Waals surface area contributed by atoms with Gasteiger partial charge >= 0.3 is 0 Å². The molecule has 0 saturated heterocycles. The molecule has 17 heavy (non-hydrogen) atoms. The van der Waals surface area contributed by atoms with Crippen LogP contribution in [0.25, 0.3) is 0 Å². The van der Waals surface area contributed by atoms with Crippen LogP contribution in [0.5, 0.6) is 0 Å². The van der Waals surface area contributed by atoms with Gasteiger partial charge in [0.25, 0.3) is 0 Å². The zero-order valence-corrected chi connectivity index (χ0v) is 11.0. The lowest BCUT2D eigenvalue weighted by Crippen LogP contribution is -2.29. The fourth-order valence-corrected chi connectivity index (χ4v) is 3.00. The average molecular weight is 262 g/mol. The third kappa shape index (κ3) is 3.52. The van der Waals surface area contributed by atoms with Crippen molar-refractivity contribution >= 4 is 10.0 Å². The largest absolute Gasteiger partial charge is 0.396 e. The third-order valence-electron chi connectivity index (χ3n) is 2.48. The van der Waals surface area contributed by atoms with E-state index < -0.39 is 10.0 Å². The van der Waals surface area contributed by atoms with Crippen LogP contribution in [0.2, 0.25) is 0 Å². The molecule has 0 saturated carbocycles. The molecule has 0 radical (unpaired) electrons. The van der Waals surface area contributed by atoms with Crippen LogP contribution in [0.15, 0.2) is 9.42 Å². The molecule has 0 aliphatic carbocycles. The van der Waals surface area contributed by atoms with E-state index in [1.54, 1.807) is 13.8 Å². The molecular weight excluding hydrogens is 244 g/mol. The first kappa shape index (κ1) is 14.1. The van der Waals surface area contributed by atoms with Crippen molar-refractivity contribution in [1.82, 2.24) is 9.88 Å². The highest BCUT2D eigenvalue weighted by molar-refractivity contribution is 7.89. The van der Waals surface area contributed by atoms with Crippen LogP contribution in [-0.2, 0) is 10.0 Å².